The summed E-state index contributed by atoms with van der Waals surface area (Å²) in [7, 11) is 1.42. The Morgan fingerprint density at radius 3 is 2.40 bits per heavy atom. The lowest BCUT2D eigenvalue weighted by molar-refractivity contribution is -0.142. The number of halogens is 1. The van der Waals surface area contributed by atoms with Gasteiger partial charge in [-0.2, -0.15) is 0 Å². The lowest BCUT2D eigenvalue weighted by Gasteiger charge is -2.16. The van der Waals surface area contributed by atoms with Crippen LogP contribution < -0.4 is 5.32 Å². The monoisotopic (exact) mass is 381 g/mol. The molecule has 2 rings (SSSR count). The highest BCUT2D eigenvalue weighted by Crippen LogP contribution is 2.19. The standard InChI is InChI=1S/C16H16INO2/c1-20-16(19)15(12-5-3-2-4-6-12)11-18-14-9-7-13(17)8-10-14/h2-10,15,18H,11H2,1H3. The van der Waals surface area contributed by atoms with Crippen molar-refractivity contribution in [3.05, 3.63) is 63.7 Å². The van der Waals surface area contributed by atoms with Crippen LogP contribution in [-0.4, -0.2) is 19.6 Å². The molecule has 0 fully saturated rings. The normalized spacial score (nSPS) is 11.7. The van der Waals surface area contributed by atoms with Gasteiger partial charge in [-0.05, 0) is 52.4 Å². The van der Waals surface area contributed by atoms with Crippen LogP contribution in [0.3, 0.4) is 0 Å². The fraction of sp³-hybridized carbons (Fsp3) is 0.188. The van der Waals surface area contributed by atoms with Gasteiger partial charge < -0.3 is 10.1 Å². The summed E-state index contributed by atoms with van der Waals surface area (Å²) in [5, 5.41) is 3.28. The van der Waals surface area contributed by atoms with E-state index in [0.29, 0.717) is 6.54 Å². The van der Waals surface area contributed by atoms with E-state index in [4.69, 9.17) is 4.74 Å². The second kappa shape index (κ2) is 7.28. The second-order valence-electron chi connectivity index (χ2n) is 4.37. The Kier molecular flexibility index (Phi) is 5.40. The van der Waals surface area contributed by atoms with Crippen molar-refractivity contribution in [3.63, 3.8) is 0 Å². The second-order valence-corrected chi connectivity index (χ2v) is 5.62. The number of benzene rings is 2. The maximum absolute atomic E-state index is 11.9. The minimum absolute atomic E-state index is 0.228. The molecule has 0 aliphatic carbocycles. The number of nitrogens with one attached hydrogen (secondary N) is 1. The molecule has 0 saturated heterocycles. The zero-order valence-corrected chi connectivity index (χ0v) is 13.3. The van der Waals surface area contributed by atoms with Crippen LogP contribution >= 0.6 is 22.6 Å². The molecule has 0 spiro atoms. The Balaban J connectivity index is 2.09. The van der Waals surface area contributed by atoms with Crippen LogP contribution in [0.1, 0.15) is 11.5 Å². The fourth-order valence-electron chi connectivity index (χ4n) is 1.95. The maximum atomic E-state index is 11.9. The summed E-state index contributed by atoms with van der Waals surface area (Å²) < 4.78 is 6.08. The Morgan fingerprint density at radius 1 is 1.15 bits per heavy atom. The summed E-state index contributed by atoms with van der Waals surface area (Å²) >= 11 is 2.26. The summed E-state index contributed by atoms with van der Waals surface area (Å²) in [6, 6.07) is 17.7. The molecule has 0 saturated carbocycles. The van der Waals surface area contributed by atoms with Gasteiger partial charge >= 0.3 is 5.97 Å². The molecule has 0 aliphatic heterocycles. The van der Waals surface area contributed by atoms with Crippen LogP contribution in [0.25, 0.3) is 0 Å². The van der Waals surface area contributed by atoms with Gasteiger partial charge in [0.25, 0.3) is 0 Å². The van der Waals surface area contributed by atoms with E-state index in [9.17, 15) is 4.79 Å². The van der Waals surface area contributed by atoms with Crippen molar-refractivity contribution < 1.29 is 9.53 Å². The molecule has 0 amide bonds. The Bertz CT molecular complexity index is 554. The van der Waals surface area contributed by atoms with E-state index in [2.05, 4.69) is 27.9 Å². The summed E-state index contributed by atoms with van der Waals surface area (Å²) in [6.45, 7) is 0.511. The molecule has 0 radical (unpaired) electrons. The molecule has 104 valence electrons. The largest absolute Gasteiger partial charge is 0.468 e. The fourth-order valence-corrected chi connectivity index (χ4v) is 2.31. The summed E-state index contributed by atoms with van der Waals surface area (Å²) in [5.74, 6) is -0.533. The maximum Gasteiger partial charge on any atom is 0.314 e. The van der Waals surface area contributed by atoms with E-state index in [1.54, 1.807) is 0 Å². The van der Waals surface area contributed by atoms with Gasteiger partial charge in [-0.25, -0.2) is 0 Å². The lowest BCUT2D eigenvalue weighted by Crippen LogP contribution is -2.22. The molecule has 0 aliphatic rings. The lowest BCUT2D eigenvalue weighted by atomic mass is 9.99. The minimum atomic E-state index is -0.305. The third kappa shape index (κ3) is 3.96. The molecule has 0 bridgehead atoms. The molecule has 1 atom stereocenters. The number of anilines is 1. The highest BCUT2D eigenvalue weighted by Gasteiger charge is 2.20. The SMILES string of the molecule is COC(=O)C(CNc1ccc(I)cc1)c1ccccc1. The third-order valence-corrected chi connectivity index (χ3v) is 3.76. The van der Waals surface area contributed by atoms with Crippen LogP contribution in [0, 0.1) is 3.57 Å². The van der Waals surface area contributed by atoms with E-state index in [-0.39, 0.29) is 11.9 Å². The van der Waals surface area contributed by atoms with Gasteiger partial charge in [-0.15, -0.1) is 0 Å². The van der Waals surface area contributed by atoms with Gasteiger partial charge in [0.05, 0.1) is 13.0 Å². The number of rotatable bonds is 5. The van der Waals surface area contributed by atoms with Crippen LogP contribution in [0.5, 0.6) is 0 Å². The van der Waals surface area contributed by atoms with Crippen molar-refractivity contribution >= 4 is 34.2 Å². The first-order valence-electron chi connectivity index (χ1n) is 6.33. The van der Waals surface area contributed by atoms with E-state index in [1.165, 1.54) is 10.7 Å². The molecule has 20 heavy (non-hydrogen) atoms. The van der Waals surface area contributed by atoms with Gasteiger partial charge in [-0.3, -0.25) is 4.79 Å². The van der Waals surface area contributed by atoms with Crippen LogP contribution in [0.2, 0.25) is 0 Å². The van der Waals surface area contributed by atoms with Crippen molar-refractivity contribution in [2.75, 3.05) is 19.0 Å². The molecule has 1 unspecified atom stereocenters. The van der Waals surface area contributed by atoms with Crippen LogP contribution in [0.15, 0.2) is 54.6 Å². The molecule has 1 N–H and O–H groups in total. The van der Waals surface area contributed by atoms with Gasteiger partial charge in [-0.1, -0.05) is 30.3 Å². The van der Waals surface area contributed by atoms with Crippen LogP contribution in [-0.2, 0) is 9.53 Å². The third-order valence-electron chi connectivity index (χ3n) is 3.04. The molecule has 2 aromatic rings. The highest BCUT2D eigenvalue weighted by atomic mass is 127. The molecule has 0 aromatic heterocycles. The smallest absolute Gasteiger partial charge is 0.314 e. The zero-order valence-electron chi connectivity index (χ0n) is 11.2. The van der Waals surface area contributed by atoms with E-state index >= 15 is 0 Å². The van der Waals surface area contributed by atoms with E-state index in [1.807, 2.05) is 54.6 Å². The number of hydrogen-bond donors (Lipinski definition) is 1. The Hall–Kier alpha value is -1.56. The van der Waals surface area contributed by atoms with Crippen molar-refractivity contribution in [2.24, 2.45) is 0 Å². The molecule has 0 heterocycles. The predicted octanol–water partition coefficient (Wildman–Crippen LogP) is 3.66. The zero-order chi connectivity index (χ0) is 14.4. The Morgan fingerprint density at radius 2 is 1.80 bits per heavy atom. The van der Waals surface area contributed by atoms with Crippen molar-refractivity contribution in [2.45, 2.75) is 5.92 Å². The van der Waals surface area contributed by atoms with Gasteiger partial charge in [0.2, 0.25) is 0 Å². The molecular formula is C16H16INO2. The minimum Gasteiger partial charge on any atom is -0.468 e. The molecule has 2 aromatic carbocycles. The average Bonchev–Trinajstić information content (AvgIpc) is 2.50. The van der Waals surface area contributed by atoms with Crippen LogP contribution in [0.4, 0.5) is 5.69 Å². The van der Waals surface area contributed by atoms with Crippen molar-refractivity contribution in [3.8, 4) is 0 Å². The molecule has 3 nitrogen and oxygen atoms in total. The van der Waals surface area contributed by atoms with E-state index in [0.717, 1.165) is 11.3 Å². The number of carbonyl (C=O) groups excluding carboxylic acids is 1. The number of methoxy groups -OCH3 is 1. The average molecular weight is 381 g/mol. The first kappa shape index (κ1) is 14.8. The number of hydrogen-bond acceptors (Lipinski definition) is 3. The van der Waals surface area contributed by atoms with E-state index < -0.39 is 0 Å². The summed E-state index contributed by atoms with van der Waals surface area (Å²) in [5.41, 5.74) is 1.95. The van der Waals surface area contributed by atoms with Gasteiger partial charge in [0.1, 0.15) is 0 Å². The first-order chi connectivity index (χ1) is 9.70. The van der Waals surface area contributed by atoms with Gasteiger partial charge in [0.15, 0.2) is 0 Å². The predicted molar refractivity (Wildman–Crippen MR) is 88.8 cm³/mol. The first-order valence-corrected chi connectivity index (χ1v) is 7.41. The number of ether oxygens (including phenoxy) is 1. The Labute approximate surface area is 132 Å². The topological polar surface area (TPSA) is 38.3 Å². The van der Waals surface area contributed by atoms with Crippen molar-refractivity contribution in [1.82, 2.24) is 0 Å². The van der Waals surface area contributed by atoms with Gasteiger partial charge in [0, 0.05) is 15.8 Å². The quantitative estimate of drug-likeness (QED) is 0.635. The number of carbonyl (C=O) groups is 1. The summed E-state index contributed by atoms with van der Waals surface area (Å²) in [4.78, 5) is 11.9. The molecular weight excluding hydrogens is 365 g/mol. The molecule has 4 heteroatoms. The number of esters is 1. The highest BCUT2D eigenvalue weighted by molar-refractivity contribution is 14.1. The summed E-state index contributed by atoms with van der Waals surface area (Å²) in [6.07, 6.45) is 0. The van der Waals surface area contributed by atoms with Crippen molar-refractivity contribution in [1.29, 1.82) is 0 Å².